The number of hydrogen-bond acceptors (Lipinski definition) is 3. The molecule has 0 saturated carbocycles. The van der Waals surface area contributed by atoms with Gasteiger partial charge >= 0.3 is 5.97 Å². The fraction of sp³-hybridized carbons (Fsp3) is 0.467. The number of benzene rings is 1. The summed E-state index contributed by atoms with van der Waals surface area (Å²) in [6.07, 6.45) is 2.02. The van der Waals surface area contributed by atoms with Gasteiger partial charge in [-0.05, 0) is 30.5 Å². The highest BCUT2D eigenvalue weighted by Gasteiger charge is 2.18. The molecule has 0 aliphatic carbocycles. The van der Waals surface area contributed by atoms with Gasteiger partial charge in [0.1, 0.15) is 11.8 Å². The minimum Gasteiger partial charge on any atom is -0.497 e. The van der Waals surface area contributed by atoms with Gasteiger partial charge in [-0.3, -0.25) is 4.79 Å². The highest BCUT2D eigenvalue weighted by molar-refractivity contribution is 5.83. The van der Waals surface area contributed by atoms with E-state index in [2.05, 4.69) is 5.32 Å². The van der Waals surface area contributed by atoms with Gasteiger partial charge in [0.25, 0.3) is 0 Å². The molecule has 0 saturated heterocycles. The van der Waals surface area contributed by atoms with Crippen LogP contribution in [0.4, 0.5) is 0 Å². The van der Waals surface area contributed by atoms with Crippen LogP contribution in [0.25, 0.3) is 0 Å². The quantitative estimate of drug-likeness (QED) is 0.763. The standard InChI is InChI=1S/C15H21NO4/c1-3-4-13(15(18)19)16-14(17)10-7-11-5-8-12(20-2)9-6-11/h5-6,8-9,13H,3-4,7,10H2,1-2H3,(H,16,17)(H,18,19)/t13-/m1/s1. The van der Waals surface area contributed by atoms with E-state index in [0.29, 0.717) is 12.8 Å². The molecular formula is C15H21NO4. The van der Waals surface area contributed by atoms with Crippen molar-refractivity contribution in [2.45, 2.75) is 38.6 Å². The number of carbonyl (C=O) groups excluding carboxylic acids is 1. The third kappa shape index (κ3) is 5.30. The largest absolute Gasteiger partial charge is 0.497 e. The van der Waals surface area contributed by atoms with Crippen LogP contribution in [0.1, 0.15) is 31.7 Å². The molecule has 110 valence electrons. The predicted molar refractivity (Wildman–Crippen MR) is 75.8 cm³/mol. The zero-order valence-electron chi connectivity index (χ0n) is 11.9. The second-order valence-corrected chi connectivity index (χ2v) is 4.60. The predicted octanol–water partition coefficient (Wildman–Crippen LogP) is 2.00. The number of carbonyl (C=O) groups is 2. The Morgan fingerprint density at radius 1 is 1.30 bits per heavy atom. The molecule has 0 aromatic heterocycles. The van der Waals surface area contributed by atoms with Crippen molar-refractivity contribution in [2.24, 2.45) is 0 Å². The fourth-order valence-electron chi connectivity index (χ4n) is 1.86. The Labute approximate surface area is 118 Å². The summed E-state index contributed by atoms with van der Waals surface area (Å²) in [5.41, 5.74) is 1.02. The first-order valence-corrected chi connectivity index (χ1v) is 6.72. The SMILES string of the molecule is CCC[C@@H](NC(=O)CCc1ccc(OC)cc1)C(=O)O. The van der Waals surface area contributed by atoms with Crippen LogP contribution in [0.3, 0.4) is 0 Å². The number of aliphatic carboxylic acids is 1. The highest BCUT2D eigenvalue weighted by atomic mass is 16.5. The van der Waals surface area contributed by atoms with Crippen molar-refractivity contribution in [3.63, 3.8) is 0 Å². The smallest absolute Gasteiger partial charge is 0.326 e. The maximum atomic E-state index is 11.7. The van der Waals surface area contributed by atoms with E-state index in [0.717, 1.165) is 17.7 Å². The first-order valence-electron chi connectivity index (χ1n) is 6.72. The molecule has 0 unspecified atom stereocenters. The van der Waals surface area contributed by atoms with E-state index in [1.807, 2.05) is 31.2 Å². The molecule has 0 bridgehead atoms. The van der Waals surface area contributed by atoms with Gasteiger partial charge in [-0.1, -0.05) is 25.5 Å². The Hall–Kier alpha value is -2.04. The van der Waals surface area contributed by atoms with E-state index in [9.17, 15) is 9.59 Å². The van der Waals surface area contributed by atoms with Gasteiger partial charge in [0, 0.05) is 6.42 Å². The first kappa shape index (κ1) is 16.0. The molecule has 0 aliphatic rings. The monoisotopic (exact) mass is 279 g/mol. The summed E-state index contributed by atoms with van der Waals surface area (Å²) < 4.78 is 5.06. The third-order valence-electron chi connectivity index (χ3n) is 3.01. The number of methoxy groups -OCH3 is 1. The van der Waals surface area contributed by atoms with Gasteiger partial charge in [0.15, 0.2) is 0 Å². The molecule has 0 heterocycles. The zero-order chi connectivity index (χ0) is 15.0. The summed E-state index contributed by atoms with van der Waals surface area (Å²) in [4.78, 5) is 22.7. The molecule has 0 spiro atoms. The Kier molecular flexibility index (Phi) is 6.56. The van der Waals surface area contributed by atoms with E-state index in [1.54, 1.807) is 7.11 Å². The average molecular weight is 279 g/mol. The van der Waals surface area contributed by atoms with Crippen molar-refractivity contribution < 1.29 is 19.4 Å². The van der Waals surface area contributed by atoms with E-state index in [4.69, 9.17) is 9.84 Å². The maximum Gasteiger partial charge on any atom is 0.326 e. The topological polar surface area (TPSA) is 75.6 Å². The van der Waals surface area contributed by atoms with Crippen LogP contribution in [0.15, 0.2) is 24.3 Å². The lowest BCUT2D eigenvalue weighted by molar-refractivity contribution is -0.142. The zero-order valence-corrected chi connectivity index (χ0v) is 11.9. The van der Waals surface area contributed by atoms with E-state index in [1.165, 1.54) is 0 Å². The summed E-state index contributed by atoms with van der Waals surface area (Å²) >= 11 is 0. The number of hydrogen-bond donors (Lipinski definition) is 2. The molecule has 5 nitrogen and oxygen atoms in total. The lowest BCUT2D eigenvalue weighted by Crippen LogP contribution is -2.40. The number of rotatable bonds is 8. The number of aryl methyl sites for hydroxylation is 1. The molecule has 0 radical (unpaired) electrons. The average Bonchev–Trinajstić information content (AvgIpc) is 2.45. The van der Waals surface area contributed by atoms with Gasteiger partial charge in [-0.15, -0.1) is 0 Å². The molecule has 1 rings (SSSR count). The van der Waals surface area contributed by atoms with Crippen molar-refractivity contribution in [1.82, 2.24) is 5.32 Å². The molecule has 2 N–H and O–H groups in total. The van der Waals surface area contributed by atoms with Crippen LogP contribution in [0.5, 0.6) is 5.75 Å². The number of carboxylic acids is 1. The molecule has 1 aromatic carbocycles. The first-order chi connectivity index (χ1) is 9.56. The molecule has 5 heteroatoms. The van der Waals surface area contributed by atoms with Crippen molar-refractivity contribution in [2.75, 3.05) is 7.11 Å². The highest BCUT2D eigenvalue weighted by Crippen LogP contribution is 2.12. The second-order valence-electron chi connectivity index (χ2n) is 4.60. The molecule has 1 atom stereocenters. The molecule has 1 amide bonds. The van der Waals surface area contributed by atoms with Crippen molar-refractivity contribution in [3.8, 4) is 5.75 Å². The number of ether oxygens (including phenoxy) is 1. The van der Waals surface area contributed by atoms with Crippen molar-refractivity contribution >= 4 is 11.9 Å². The fourth-order valence-corrected chi connectivity index (χ4v) is 1.86. The van der Waals surface area contributed by atoms with E-state index < -0.39 is 12.0 Å². The molecular weight excluding hydrogens is 258 g/mol. The number of carboxylic acid groups (broad SMARTS) is 1. The summed E-state index contributed by atoms with van der Waals surface area (Å²) in [7, 11) is 1.60. The minimum absolute atomic E-state index is 0.235. The normalized spacial score (nSPS) is 11.7. The van der Waals surface area contributed by atoms with Gasteiger partial charge in [0.05, 0.1) is 7.11 Å². The summed E-state index contributed by atoms with van der Waals surface area (Å²) in [5.74, 6) is -0.446. The molecule has 20 heavy (non-hydrogen) atoms. The summed E-state index contributed by atoms with van der Waals surface area (Å²) in [5, 5.41) is 11.5. The van der Waals surface area contributed by atoms with Crippen molar-refractivity contribution in [3.05, 3.63) is 29.8 Å². The molecule has 0 aliphatic heterocycles. The Morgan fingerprint density at radius 3 is 2.45 bits per heavy atom. The van der Waals surface area contributed by atoms with Gasteiger partial charge in [-0.25, -0.2) is 4.79 Å². The van der Waals surface area contributed by atoms with Crippen LogP contribution >= 0.6 is 0 Å². The van der Waals surface area contributed by atoms with Gasteiger partial charge in [-0.2, -0.15) is 0 Å². The maximum absolute atomic E-state index is 11.7. The second kappa shape index (κ2) is 8.19. The lowest BCUT2D eigenvalue weighted by Gasteiger charge is -2.13. The number of nitrogens with one attached hydrogen (secondary N) is 1. The summed E-state index contributed by atoms with van der Waals surface area (Å²) in [6.45, 7) is 1.89. The molecule has 0 fully saturated rings. The van der Waals surface area contributed by atoms with E-state index >= 15 is 0 Å². The number of amides is 1. The van der Waals surface area contributed by atoms with Crippen LogP contribution < -0.4 is 10.1 Å². The van der Waals surface area contributed by atoms with Crippen molar-refractivity contribution in [1.29, 1.82) is 0 Å². The Balaban J connectivity index is 2.43. The van der Waals surface area contributed by atoms with Crippen LogP contribution in [-0.2, 0) is 16.0 Å². The van der Waals surface area contributed by atoms with Gasteiger partial charge < -0.3 is 15.2 Å². The minimum atomic E-state index is -0.982. The lowest BCUT2D eigenvalue weighted by atomic mass is 10.1. The van der Waals surface area contributed by atoms with E-state index in [-0.39, 0.29) is 12.3 Å². The van der Waals surface area contributed by atoms with Crippen LogP contribution in [0, 0.1) is 0 Å². The third-order valence-corrected chi connectivity index (χ3v) is 3.01. The Morgan fingerprint density at radius 2 is 1.95 bits per heavy atom. The summed E-state index contributed by atoms with van der Waals surface area (Å²) in [6, 6.07) is 6.68. The molecule has 1 aromatic rings. The Bertz CT molecular complexity index is 442. The van der Waals surface area contributed by atoms with Crippen LogP contribution in [0.2, 0.25) is 0 Å². The van der Waals surface area contributed by atoms with Crippen LogP contribution in [-0.4, -0.2) is 30.1 Å². The van der Waals surface area contributed by atoms with Gasteiger partial charge in [0.2, 0.25) is 5.91 Å².